The zero-order chi connectivity index (χ0) is 15.2. The largest absolute Gasteiger partial charge is 0.338 e. The number of urea groups is 1. The van der Waals surface area contributed by atoms with Crippen LogP contribution in [0.3, 0.4) is 0 Å². The maximum absolute atomic E-state index is 13.0. The predicted molar refractivity (Wildman–Crippen MR) is 78.5 cm³/mol. The third kappa shape index (κ3) is 4.72. The molecular formula is C15H13ClF2N2O. The normalized spacial score (nSPS) is 10.2. The first kappa shape index (κ1) is 15.3. The van der Waals surface area contributed by atoms with Crippen molar-refractivity contribution in [3.05, 3.63) is 64.7 Å². The summed E-state index contributed by atoms with van der Waals surface area (Å²) in [6.45, 7) is 0.310. The smallest absolute Gasteiger partial charge is 0.319 e. The van der Waals surface area contributed by atoms with E-state index in [0.29, 0.717) is 29.2 Å². The van der Waals surface area contributed by atoms with Crippen LogP contribution in [0, 0.1) is 11.6 Å². The lowest BCUT2D eigenvalue weighted by molar-refractivity contribution is 0.252. The van der Waals surface area contributed by atoms with Gasteiger partial charge < -0.3 is 10.6 Å². The van der Waals surface area contributed by atoms with Gasteiger partial charge in [-0.1, -0.05) is 17.7 Å². The Balaban J connectivity index is 1.78. The number of anilines is 1. The minimum Gasteiger partial charge on any atom is -0.338 e. The van der Waals surface area contributed by atoms with Gasteiger partial charge in [-0.15, -0.1) is 0 Å². The van der Waals surface area contributed by atoms with Gasteiger partial charge in [-0.25, -0.2) is 13.6 Å². The van der Waals surface area contributed by atoms with Gasteiger partial charge >= 0.3 is 6.03 Å². The molecule has 2 amide bonds. The molecule has 0 spiro atoms. The Morgan fingerprint density at radius 3 is 2.43 bits per heavy atom. The van der Waals surface area contributed by atoms with Crippen molar-refractivity contribution in [2.75, 3.05) is 11.9 Å². The van der Waals surface area contributed by atoms with Crippen molar-refractivity contribution in [3.8, 4) is 0 Å². The first-order valence-corrected chi connectivity index (χ1v) is 6.67. The summed E-state index contributed by atoms with van der Waals surface area (Å²) in [6, 6.07) is 9.98. The van der Waals surface area contributed by atoms with E-state index in [1.807, 2.05) is 0 Å². The fourth-order valence-electron chi connectivity index (χ4n) is 1.72. The van der Waals surface area contributed by atoms with Gasteiger partial charge in [0, 0.05) is 17.3 Å². The van der Waals surface area contributed by atoms with Crippen molar-refractivity contribution in [1.82, 2.24) is 5.32 Å². The van der Waals surface area contributed by atoms with E-state index in [0.717, 1.165) is 12.1 Å². The molecule has 0 unspecified atom stereocenters. The molecule has 2 aromatic rings. The van der Waals surface area contributed by atoms with Crippen LogP contribution in [-0.2, 0) is 6.42 Å². The molecule has 6 heteroatoms. The van der Waals surface area contributed by atoms with E-state index in [1.165, 1.54) is 6.07 Å². The molecule has 110 valence electrons. The summed E-state index contributed by atoms with van der Waals surface area (Å²) in [4.78, 5) is 11.6. The molecule has 0 aliphatic heterocycles. The van der Waals surface area contributed by atoms with Crippen LogP contribution in [0.15, 0.2) is 42.5 Å². The molecule has 2 N–H and O–H groups in total. The number of carbonyl (C=O) groups excluding carboxylic acids is 1. The first-order valence-electron chi connectivity index (χ1n) is 6.29. The molecule has 0 radical (unpaired) electrons. The number of carbonyl (C=O) groups is 1. The summed E-state index contributed by atoms with van der Waals surface area (Å²) < 4.78 is 25.8. The van der Waals surface area contributed by atoms with Crippen LogP contribution in [0.2, 0.25) is 5.02 Å². The lowest BCUT2D eigenvalue weighted by atomic mass is 10.1. The van der Waals surface area contributed by atoms with Crippen LogP contribution in [0.5, 0.6) is 0 Å². The molecule has 0 saturated heterocycles. The Morgan fingerprint density at radius 1 is 1.05 bits per heavy atom. The molecule has 0 aliphatic carbocycles. The topological polar surface area (TPSA) is 41.1 Å². The maximum atomic E-state index is 13.0. The summed E-state index contributed by atoms with van der Waals surface area (Å²) in [6.07, 6.45) is 0.408. The second-order valence-corrected chi connectivity index (χ2v) is 4.82. The van der Waals surface area contributed by atoms with Crippen LogP contribution in [-0.4, -0.2) is 12.6 Å². The highest BCUT2D eigenvalue weighted by atomic mass is 35.5. The minimum atomic E-state index is -0.891. The number of nitrogens with one attached hydrogen (secondary N) is 2. The average Bonchev–Trinajstić information content (AvgIpc) is 2.45. The quantitative estimate of drug-likeness (QED) is 0.881. The average molecular weight is 311 g/mol. The monoisotopic (exact) mass is 310 g/mol. The van der Waals surface area contributed by atoms with E-state index in [2.05, 4.69) is 10.6 Å². The fourth-order valence-corrected chi connectivity index (χ4v) is 1.85. The number of amides is 2. The van der Waals surface area contributed by atoms with Gasteiger partial charge in [0.1, 0.15) is 0 Å². The van der Waals surface area contributed by atoms with Gasteiger partial charge in [-0.3, -0.25) is 0 Å². The van der Waals surface area contributed by atoms with Crippen molar-refractivity contribution in [3.63, 3.8) is 0 Å². The Hall–Kier alpha value is -2.14. The van der Waals surface area contributed by atoms with Crippen LogP contribution in [0.25, 0.3) is 0 Å². The van der Waals surface area contributed by atoms with E-state index in [4.69, 9.17) is 11.6 Å². The Bertz CT molecular complexity index is 632. The molecule has 0 saturated carbocycles. The standard InChI is InChI=1S/C15H13ClF2N2O/c16-11-2-4-12(5-3-11)20-15(21)19-8-7-10-1-6-13(17)14(18)9-10/h1-6,9H,7-8H2,(H2,19,20,21). The number of rotatable bonds is 4. The lowest BCUT2D eigenvalue weighted by Crippen LogP contribution is -2.30. The van der Waals surface area contributed by atoms with Gasteiger partial charge in [0.15, 0.2) is 11.6 Å². The molecular weight excluding hydrogens is 298 g/mol. The zero-order valence-corrected chi connectivity index (χ0v) is 11.8. The van der Waals surface area contributed by atoms with Crippen molar-refractivity contribution in [2.45, 2.75) is 6.42 Å². The molecule has 0 atom stereocenters. The molecule has 0 fully saturated rings. The minimum absolute atomic E-state index is 0.310. The Labute approximate surface area is 125 Å². The molecule has 21 heavy (non-hydrogen) atoms. The number of hydrogen-bond acceptors (Lipinski definition) is 1. The number of benzene rings is 2. The van der Waals surface area contributed by atoms with Gasteiger partial charge in [0.2, 0.25) is 0 Å². The van der Waals surface area contributed by atoms with E-state index < -0.39 is 11.6 Å². The molecule has 0 heterocycles. The van der Waals surface area contributed by atoms with E-state index in [9.17, 15) is 13.6 Å². The summed E-state index contributed by atoms with van der Waals surface area (Å²) in [5.41, 5.74) is 1.23. The van der Waals surface area contributed by atoms with Crippen LogP contribution in [0.4, 0.5) is 19.3 Å². The van der Waals surface area contributed by atoms with Crippen molar-refractivity contribution in [1.29, 1.82) is 0 Å². The van der Waals surface area contributed by atoms with E-state index in [-0.39, 0.29) is 6.03 Å². The SMILES string of the molecule is O=C(NCCc1ccc(F)c(F)c1)Nc1ccc(Cl)cc1. The molecule has 3 nitrogen and oxygen atoms in total. The van der Waals surface area contributed by atoms with E-state index in [1.54, 1.807) is 24.3 Å². The second-order valence-electron chi connectivity index (χ2n) is 4.39. The van der Waals surface area contributed by atoms with Crippen LogP contribution in [0.1, 0.15) is 5.56 Å². The highest BCUT2D eigenvalue weighted by molar-refractivity contribution is 6.30. The molecule has 0 aromatic heterocycles. The molecule has 0 aliphatic rings. The first-order chi connectivity index (χ1) is 10.0. The van der Waals surface area contributed by atoms with Crippen molar-refractivity contribution in [2.24, 2.45) is 0 Å². The zero-order valence-electron chi connectivity index (χ0n) is 11.0. The van der Waals surface area contributed by atoms with Gasteiger partial charge in [0.25, 0.3) is 0 Å². The van der Waals surface area contributed by atoms with Gasteiger partial charge in [-0.2, -0.15) is 0 Å². The Morgan fingerprint density at radius 2 is 1.76 bits per heavy atom. The predicted octanol–water partition coefficient (Wildman–Crippen LogP) is 3.98. The molecule has 2 rings (SSSR count). The highest BCUT2D eigenvalue weighted by Gasteiger charge is 2.04. The highest BCUT2D eigenvalue weighted by Crippen LogP contribution is 2.13. The Kier molecular flexibility index (Phi) is 5.11. The van der Waals surface area contributed by atoms with Gasteiger partial charge in [0.05, 0.1) is 0 Å². The summed E-state index contributed by atoms with van der Waals surface area (Å²) in [5.74, 6) is -1.77. The van der Waals surface area contributed by atoms with Crippen molar-refractivity contribution < 1.29 is 13.6 Å². The number of hydrogen-bond donors (Lipinski definition) is 2. The molecule has 2 aromatic carbocycles. The second kappa shape index (κ2) is 7.04. The summed E-state index contributed by atoms with van der Waals surface area (Å²) in [5, 5.41) is 5.84. The lowest BCUT2D eigenvalue weighted by Gasteiger charge is -2.08. The van der Waals surface area contributed by atoms with E-state index >= 15 is 0 Å². The van der Waals surface area contributed by atoms with Crippen LogP contribution < -0.4 is 10.6 Å². The third-order valence-corrected chi connectivity index (χ3v) is 3.04. The third-order valence-electron chi connectivity index (χ3n) is 2.79. The fraction of sp³-hybridized carbons (Fsp3) is 0.133. The summed E-state index contributed by atoms with van der Waals surface area (Å²) in [7, 11) is 0. The molecule has 0 bridgehead atoms. The van der Waals surface area contributed by atoms with Crippen molar-refractivity contribution >= 4 is 23.3 Å². The van der Waals surface area contributed by atoms with Crippen LogP contribution >= 0.6 is 11.6 Å². The number of halogens is 3. The maximum Gasteiger partial charge on any atom is 0.319 e. The van der Waals surface area contributed by atoms with Gasteiger partial charge in [-0.05, 0) is 48.4 Å². The summed E-state index contributed by atoms with van der Waals surface area (Å²) >= 11 is 5.74.